The predicted octanol–water partition coefficient (Wildman–Crippen LogP) is 1.97. The van der Waals surface area contributed by atoms with Gasteiger partial charge in [-0.25, -0.2) is 0 Å². The number of benzene rings is 1. The molecule has 0 radical (unpaired) electrons. The summed E-state index contributed by atoms with van der Waals surface area (Å²) in [5, 5.41) is 8.82. The number of likely N-dealkylation sites (N-methyl/N-ethyl adjacent to an activating group) is 1. The summed E-state index contributed by atoms with van der Waals surface area (Å²) >= 11 is 5.89. The Kier molecular flexibility index (Phi) is 4.99. The van der Waals surface area contributed by atoms with Gasteiger partial charge in [0, 0.05) is 30.2 Å². The minimum absolute atomic E-state index is 0.0652. The van der Waals surface area contributed by atoms with Gasteiger partial charge < -0.3 is 16.0 Å². The normalized spacial score (nSPS) is 11.8. The first-order valence-electron chi connectivity index (χ1n) is 7.75. The van der Waals surface area contributed by atoms with Crippen molar-refractivity contribution in [3.63, 3.8) is 0 Å². The molecule has 132 valence electrons. The topological polar surface area (TPSA) is 100 Å². The number of carbonyl (C=O) groups is 1. The third-order valence-electron chi connectivity index (χ3n) is 3.86. The van der Waals surface area contributed by atoms with Gasteiger partial charge in [0.2, 0.25) is 5.91 Å². The smallest absolute Gasteiger partial charge is 0.253 e. The Bertz CT molecular complexity index is 996. The molecular weight excluding hydrogens is 356 g/mol. The fourth-order valence-electron chi connectivity index (χ4n) is 2.47. The molecule has 3 rings (SSSR count). The summed E-state index contributed by atoms with van der Waals surface area (Å²) in [6, 6.07) is 9.12. The van der Waals surface area contributed by atoms with Crippen LogP contribution in [0.4, 0.5) is 17.1 Å². The minimum atomic E-state index is -0.849. The molecule has 7 nitrogen and oxygen atoms in total. The summed E-state index contributed by atoms with van der Waals surface area (Å²) in [7, 11) is 1.49. The molecule has 1 aromatic heterocycles. The molecule has 1 unspecified atom stereocenters. The highest BCUT2D eigenvalue weighted by molar-refractivity contribution is 6.30. The molecular formula is C18H15ClN4O3. The van der Waals surface area contributed by atoms with Gasteiger partial charge in [0.05, 0.1) is 0 Å². The molecule has 0 bridgehead atoms. The van der Waals surface area contributed by atoms with Gasteiger partial charge in [0.1, 0.15) is 17.4 Å². The fraction of sp³-hybridized carbons (Fsp3) is 0.111. The lowest BCUT2D eigenvalue weighted by atomic mass is 10.0. The van der Waals surface area contributed by atoms with Crippen molar-refractivity contribution in [2.24, 2.45) is 0 Å². The van der Waals surface area contributed by atoms with Gasteiger partial charge in [-0.2, -0.15) is 0 Å². The average molecular weight is 371 g/mol. The highest BCUT2D eigenvalue weighted by Gasteiger charge is 2.27. The zero-order chi connectivity index (χ0) is 18.7. The highest BCUT2D eigenvalue weighted by atomic mass is 35.5. The molecule has 1 heterocycles. The number of pyridine rings is 1. The molecule has 0 aliphatic heterocycles. The van der Waals surface area contributed by atoms with E-state index < -0.39 is 16.9 Å². The molecule has 0 saturated carbocycles. The van der Waals surface area contributed by atoms with Crippen molar-refractivity contribution in [3.05, 3.63) is 79.8 Å². The van der Waals surface area contributed by atoms with Crippen molar-refractivity contribution < 1.29 is 4.79 Å². The third kappa shape index (κ3) is 3.43. The van der Waals surface area contributed by atoms with E-state index in [1.165, 1.54) is 7.05 Å². The third-order valence-corrected chi connectivity index (χ3v) is 4.11. The monoisotopic (exact) mass is 370 g/mol. The molecule has 0 aliphatic rings. The zero-order valence-electron chi connectivity index (χ0n) is 13.7. The van der Waals surface area contributed by atoms with E-state index in [4.69, 9.17) is 11.6 Å². The summed E-state index contributed by atoms with van der Waals surface area (Å²) in [6.45, 7) is 0. The quantitative estimate of drug-likeness (QED) is 0.574. The Hall–Kier alpha value is -3.19. The molecule has 3 N–H and O–H groups in total. The number of hydrogen-bond acceptors (Lipinski definition) is 6. The standard InChI is InChI=1S/C18H15ClN4O3/c1-20-18(26)13(10-2-4-11(19)5-3-10)23-15-14(16(24)17(15)25)22-12-6-8-21-9-7-12/h2-9,13,23H,1H3,(H,20,26)(H,21,22). The van der Waals surface area contributed by atoms with Gasteiger partial charge in [-0.1, -0.05) is 23.7 Å². The first-order valence-corrected chi connectivity index (χ1v) is 8.13. The van der Waals surface area contributed by atoms with Gasteiger partial charge in [0.25, 0.3) is 10.9 Å². The molecule has 3 aromatic rings. The molecule has 0 fully saturated rings. The Morgan fingerprint density at radius 2 is 1.62 bits per heavy atom. The second-order valence-electron chi connectivity index (χ2n) is 5.51. The van der Waals surface area contributed by atoms with Crippen molar-refractivity contribution in [2.45, 2.75) is 6.04 Å². The second-order valence-corrected chi connectivity index (χ2v) is 5.95. The van der Waals surface area contributed by atoms with Gasteiger partial charge in [-0.15, -0.1) is 0 Å². The summed E-state index contributed by atoms with van der Waals surface area (Å²) in [4.78, 5) is 40.1. The Labute approximate surface area is 153 Å². The summed E-state index contributed by atoms with van der Waals surface area (Å²) in [5.41, 5.74) is 0.0784. The first kappa shape index (κ1) is 17.6. The molecule has 1 atom stereocenters. The Balaban J connectivity index is 1.91. The number of hydrogen-bond donors (Lipinski definition) is 3. The van der Waals surface area contributed by atoms with E-state index in [9.17, 15) is 14.4 Å². The molecule has 0 aliphatic carbocycles. The molecule has 0 spiro atoms. The zero-order valence-corrected chi connectivity index (χ0v) is 14.5. The highest BCUT2D eigenvalue weighted by Crippen LogP contribution is 2.26. The van der Waals surface area contributed by atoms with Gasteiger partial charge in [-0.05, 0) is 29.8 Å². The Morgan fingerprint density at radius 3 is 2.23 bits per heavy atom. The second kappa shape index (κ2) is 7.37. The lowest BCUT2D eigenvalue weighted by Gasteiger charge is -2.22. The lowest BCUT2D eigenvalue weighted by Crippen LogP contribution is -2.40. The maximum Gasteiger partial charge on any atom is 0.253 e. The van der Waals surface area contributed by atoms with Crippen molar-refractivity contribution in [1.29, 1.82) is 0 Å². The molecule has 8 heteroatoms. The largest absolute Gasteiger partial charge is 0.365 e. The van der Waals surface area contributed by atoms with Crippen molar-refractivity contribution >= 4 is 34.6 Å². The van der Waals surface area contributed by atoms with Crippen molar-refractivity contribution in [2.75, 3.05) is 17.7 Å². The van der Waals surface area contributed by atoms with E-state index in [1.54, 1.807) is 48.8 Å². The molecule has 2 aromatic carbocycles. The first-order chi connectivity index (χ1) is 12.5. The average Bonchev–Trinajstić information content (AvgIpc) is 2.68. The number of nitrogens with zero attached hydrogens (tertiary/aromatic N) is 1. The number of carbonyl (C=O) groups excluding carboxylic acids is 1. The number of amides is 1. The summed E-state index contributed by atoms with van der Waals surface area (Å²) < 4.78 is 0. The van der Waals surface area contributed by atoms with E-state index in [0.717, 1.165) is 0 Å². The van der Waals surface area contributed by atoms with Crippen LogP contribution in [-0.2, 0) is 4.79 Å². The van der Waals surface area contributed by atoms with Gasteiger partial charge >= 0.3 is 0 Å². The van der Waals surface area contributed by atoms with Crippen LogP contribution in [0.2, 0.25) is 5.02 Å². The van der Waals surface area contributed by atoms with Crippen LogP contribution in [0.25, 0.3) is 0 Å². The van der Waals surface area contributed by atoms with Crippen LogP contribution in [0.3, 0.4) is 0 Å². The van der Waals surface area contributed by atoms with Crippen LogP contribution < -0.4 is 26.8 Å². The van der Waals surface area contributed by atoms with E-state index >= 15 is 0 Å². The summed E-state index contributed by atoms with van der Waals surface area (Å²) in [6.07, 6.45) is 3.12. The van der Waals surface area contributed by atoms with Crippen LogP contribution in [0.15, 0.2) is 58.4 Å². The predicted molar refractivity (Wildman–Crippen MR) is 101 cm³/mol. The van der Waals surface area contributed by atoms with Crippen LogP contribution in [0, 0.1) is 0 Å². The van der Waals surface area contributed by atoms with Crippen LogP contribution >= 0.6 is 11.6 Å². The Morgan fingerprint density at radius 1 is 1.00 bits per heavy atom. The molecule has 1 amide bonds. The molecule has 26 heavy (non-hydrogen) atoms. The van der Waals surface area contributed by atoms with Crippen LogP contribution in [0.5, 0.6) is 0 Å². The number of aromatic nitrogens is 1. The van der Waals surface area contributed by atoms with Gasteiger partial charge in [0.15, 0.2) is 0 Å². The van der Waals surface area contributed by atoms with Crippen molar-refractivity contribution in [3.8, 4) is 0 Å². The SMILES string of the molecule is CNC(=O)C(Nc1c(Nc2ccncc2)c(=O)c1=O)c1ccc(Cl)cc1. The number of nitrogens with one attached hydrogen (secondary N) is 3. The van der Waals surface area contributed by atoms with Crippen LogP contribution in [-0.4, -0.2) is 17.9 Å². The number of anilines is 3. The number of rotatable bonds is 6. The summed E-state index contributed by atoms with van der Waals surface area (Å²) in [5.74, 6) is -0.352. The molecule has 0 saturated heterocycles. The number of halogens is 1. The maximum absolute atomic E-state index is 12.3. The minimum Gasteiger partial charge on any atom is -0.365 e. The lowest BCUT2D eigenvalue weighted by molar-refractivity contribution is -0.121. The van der Waals surface area contributed by atoms with E-state index in [1.807, 2.05) is 0 Å². The van der Waals surface area contributed by atoms with Gasteiger partial charge in [-0.3, -0.25) is 19.4 Å². The van der Waals surface area contributed by atoms with E-state index in [2.05, 4.69) is 20.9 Å². The van der Waals surface area contributed by atoms with E-state index in [-0.39, 0.29) is 17.3 Å². The van der Waals surface area contributed by atoms with Crippen LogP contribution in [0.1, 0.15) is 11.6 Å². The van der Waals surface area contributed by atoms with Crippen molar-refractivity contribution in [1.82, 2.24) is 10.3 Å². The fourth-order valence-corrected chi connectivity index (χ4v) is 2.60. The maximum atomic E-state index is 12.3. The van der Waals surface area contributed by atoms with E-state index in [0.29, 0.717) is 16.3 Å².